The van der Waals surface area contributed by atoms with Gasteiger partial charge >= 0.3 is 0 Å². The Kier molecular flexibility index (Phi) is 5.34. The molecule has 2 rings (SSSR count). The van der Waals surface area contributed by atoms with Crippen molar-refractivity contribution < 1.29 is 9.13 Å². The summed E-state index contributed by atoms with van der Waals surface area (Å²) in [5, 5.41) is 3.37. The molecule has 0 spiro atoms. The van der Waals surface area contributed by atoms with Gasteiger partial charge in [0.25, 0.3) is 0 Å². The molecule has 0 aliphatic rings. The van der Waals surface area contributed by atoms with E-state index < -0.39 is 0 Å². The molecule has 0 radical (unpaired) electrons. The van der Waals surface area contributed by atoms with Crippen LogP contribution < -0.4 is 10.1 Å². The van der Waals surface area contributed by atoms with E-state index in [0.717, 1.165) is 24.1 Å². The van der Waals surface area contributed by atoms with Crippen LogP contribution in [-0.2, 0) is 0 Å². The summed E-state index contributed by atoms with van der Waals surface area (Å²) in [7, 11) is 0. The van der Waals surface area contributed by atoms with Crippen LogP contribution in [0.4, 0.5) is 4.39 Å². The van der Waals surface area contributed by atoms with E-state index in [9.17, 15) is 4.39 Å². The van der Waals surface area contributed by atoms with Gasteiger partial charge in [-0.05, 0) is 50.6 Å². The number of ether oxygens (including phenoxy) is 1. The molecular weight excluding hydrogens is 265 g/mol. The Hall–Kier alpha value is -1.87. The molecule has 2 aromatic rings. The van der Waals surface area contributed by atoms with Crippen molar-refractivity contribution in [2.24, 2.45) is 0 Å². The van der Waals surface area contributed by atoms with E-state index in [1.165, 1.54) is 6.07 Å². The summed E-state index contributed by atoms with van der Waals surface area (Å²) in [6.45, 7) is 7.01. The van der Waals surface area contributed by atoms with Crippen molar-refractivity contribution in [2.45, 2.75) is 33.2 Å². The average molecular weight is 287 g/mol. The normalized spacial score (nSPS) is 12.2. The smallest absolute Gasteiger partial charge is 0.167 e. The minimum atomic E-state index is -0.334. The maximum Gasteiger partial charge on any atom is 0.167 e. The molecular formula is C18H22FNO. The molecule has 0 saturated carbocycles. The van der Waals surface area contributed by atoms with Crippen molar-refractivity contribution in [1.29, 1.82) is 0 Å². The molecule has 3 heteroatoms. The number of aryl methyl sites for hydroxylation is 1. The lowest BCUT2D eigenvalue weighted by Crippen LogP contribution is -2.20. The van der Waals surface area contributed by atoms with E-state index in [4.69, 9.17) is 4.74 Å². The van der Waals surface area contributed by atoms with Crippen molar-refractivity contribution >= 4 is 0 Å². The van der Waals surface area contributed by atoms with Gasteiger partial charge < -0.3 is 10.1 Å². The van der Waals surface area contributed by atoms with Gasteiger partial charge in [-0.15, -0.1) is 0 Å². The molecule has 1 N–H and O–H groups in total. The molecule has 0 fully saturated rings. The number of hydrogen-bond donors (Lipinski definition) is 1. The molecule has 0 saturated heterocycles. The first-order chi connectivity index (χ1) is 10.1. The second-order valence-corrected chi connectivity index (χ2v) is 5.25. The first-order valence-electron chi connectivity index (χ1n) is 7.38. The number of hydrogen-bond acceptors (Lipinski definition) is 2. The summed E-state index contributed by atoms with van der Waals surface area (Å²) in [6, 6.07) is 12.7. The predicted molar refractivity (Wildman–Crippen MR) is 84.4 cm³/mol. The molecule has 1 atom stereocenters. The van der Waals surface area contributed by atoms with Crippen molar-refractivity contribution in [3.8, 4) is 11.5 Å². The van der Waals surface area contributed by atoms with Gasteiger partial charge in [0.15, 0.2) is 11.6 Å². The molecule has 0 heterocycles. The summed E-state index contributed by atoms with van der Waals surface area (Å²) < 4.78 is 20.0. The Labute approximate surface area is 126 Å². The Morgan fingerprint density at radius 1 is 1.19 bits per heavy atom. The summed E-state index contributed by atoms with van der Waals surface area (Å²) in [4.78, 5) is 0. The van der Waals surface area contributed by atoms with Gasteiger partial charge in [-0.1, -0.05) is 31.2 Å². The van der Waals surface area contributed by atoms with Crippen molar-refractivity contribution in [1.82, 2.24) is 5.32 Å². The van der Waals surface area contributed by atoms with E-state index in [1.807, 2.05) is 44.2 Å². The minimum Gasteiger partial charge on any atom is -0.454 e. The van der Waals surface area contributed by atoms with Gasteiger partial charge in [-0.25, -0.2) is 4.39 Å². The summed E-state index contributed by atoms with van der Waals surface area (Å²) in [5.41, 5.74) is 1.92. The van der Waals surface area contributed by atoms with Gasteiger partial charge in [-0.2, -0.15) is 0 Å². The zero-order chi connectivity index (χ0) is 15.2. The number of nitrogens with one attached hydrogen (secondary N) is 1. The number of rotatable bonds is 6. The van der Waals surface area contributed by atoms with E-state index in [-0.39, 0.29) is 11.9 Å². The van der Waals surface area contributed by atoms with E-state index in [1.54, 1.807) is 6.07 Å². The number of para-hydroxylation sites is 1. The number of benzene rings is 2. The highest BCUT2D eigenvalue weighted by molar-refractivity contribution is 5.41. The van der Waals surface area contributed by atoms with Crippen LogP contribution in [0.3, 0.4) is 0 Å². The van der Waals surface area contributed by atoms with Crippen molar-refractivity contribution in [3.63, 3.8) is 0 Å². The fourth-order valence-corrected chi connectivity index (χ4v) is 2.24. The van der Waals surface area contributed by atoms with Gasteiger partial charge in [0.1, 0.15) is 5.75 Å². The quantitative estimate of drug-likeness (QED) is 0.808. The molecule has 2 nitrogen and oxygen atoms in total. The Morgan fingerprint density at radius 2 is 1.95 bits per heavy atom. The molecule has 0 aromatic heterocycles. The average Bonchev–Trinajstić information content (AvgIpc) is 2.47. The fourth-order valence-electron chi connectivity index (χ4n) is 2.24. The van der Waals surface area contributed by atoms with E-state index in [0.29, 0.717) is 11.5 Å². The Bertz CT molecular complexity index is 598. The highest BCUT2D eigenvalue weighted by atomic mass is 19.1. The van der Waals surface area contributed by atoms with Crippen LogP contribution in [0.25, 0.3) is 0 Å². The van der Waals surface area contributed by atoms with Crippen molar-refractivity contribution in [2.75, 3.05) is 6.54 Å². The molecule has 0 bridgehead atoms. The lowest BCUT2D eigenvalue weighted by molar-refractivity contribution is 0.425. The molecule has 0 aliphatic carbocycles. The molecule has 112 valence electrons. The second kappa shape index (κ2) is 7.23. The lowest BCUT2D eigenvalue weighted by atomic mass is 10.1. The first-order valence-corrected chi connectivity index (χ1v) is 7.38. The van der Waals surface area contributed by atoms with Gasteiger partial charge in [0, 0.05) is 11.6 Å². The monoisotopic (exact) mass is 287 g/mol. The van der Waals surface area contributed by atoms with Gasteiger partial charge in [-0.3, -0.25) is 0 Å². The summed E-state index contributed by atoms with van der Waals surface area (Å²) in [5.74, 6) is 0.627. The molecule has 2 aromatic carbocycles. The maximum absolute atomic E-state index is 14.2. The molecule has 0 aliphatic heterocycles. The van der Waals surface area contributed by atoms with Crippen LogP contribution >= 0.6 is 0 Å². The van der Waals surface area contributed by atoms with Crippen LogP contribution in [0.5, 0.6) is 11.5 Å². The van der Waals surface area contributed by atoms with Gasteiger partial charge in [0.05, 0.1) is 0 Å². The third kappa shape index (κ3) is 4.05. The van der Waals surface area contributed by atoms with Gasteiger partial charge in [0.2, 0.25) is 0 Å². The first kappa shape index (κ1) is 15.5. The SMILES string of the molecule is CCCNC(C)c1cccc(F)c1Oc1cccc(C)c1. The van der Waals surface area contributed by atoms with Crippen LogP contribution in [0.1, 0.15) is 37.4 Å². The lowest BCUT2D eigenvalue weighted by Gasteiger charge is -2.18. The zero-order valence-electron chi connectivity index (χ0n) is 12.8. The van der Waals surface area contributed by atoms with Crippen LogP contribution in [0, 0.1) is 12.7 Å². The Morgan fingerprint density at radius 3 is 2.67 bits per heavy atom. The second-order valence-electron chi connectivity index (χ2n) is 5.25. The standard InChI is InChI=1S/C18H22FNO/c1-4-11-20-14(3)16-9-6-10-17(19)18(16)21-15-8-5-7-13(2)12-15/h5-10,12,14,20H,4,11H2,1-3H3. The van der Waals surface area contributed by atoms with Crippen LogP contribution in [0.15, 0.2) is 42.5 Å². The predicted octanol–water partition coefficient (Wildman–Crippen LogP) is 4.99. The maximum atomic E-state index is 14.2. The summed E-state index contributed by atoms with van der Waals surface area (Å²) in [6.07, 6.45) is 1.04. The van der Waals surface area contributed by atoms with Crippen LogP contribution in [0.2, 0.25) is 0 Å². The highest BCUT2D eigenvalue weighted by Crippen LogP contribution is 2.32. The third-order valence-electron chi connectivity index (χ3n) is 3.37. The molecule has 0 amide bonds. The molecule has 21 heavy (non-hydrogen) atoms. The minimum absolute atomic E-state index is 0.0421. The van der Waals surface area contributed by atoms with Crippen molar-refractivity contribution in [3.05, 3.63) is 59.4 Å². The van der Waals surface area contributed by atoms with E-state index >= 15 is 0 Å². The largest absolute Gasteiger partial charge is 0.454 e. The fraction of sp³-hybridized carbons (Fsp3) is 0.333. The van der Waals surface area contributed by atoms with Crippen LogP contribution in [-0.4, -0.2) is 6.54 Å². The third-order valence-corrected chi connectivity index (χ3v) is 3.37. The zero-order valence-corrected chi connectivity index (χ0v) is 12.8. The van der Waals surface area contributed by atoms with E-state index in [2.05, 4.69) is 12.2 Å². The Balaban J connectivity index is 2.29. The number of halogens is 1. The highest BCUT2D eigenvalue weighted by Gasteiger charge is 2.16. The molecule has 1 unspecified atom stereocenters. The summed E-state index contributed by atoms with van der Waals surface area (Å²) >= 11 is 0. The topological polar surface area (TPSA) is 21.3 Å².